The first kappa shape index (κ1) is 25.3. The summed E-state index contributed by atoms with van der Waals surface area (Å²) < 4.78 is 0. The van der Waals surface area contributed by atoms with Crippen molar-refractivity contribution in [3.05, 3.63) is 69.7 Å². The van der Waals surface area contributed by atoms with E-state index in [9.17, 15) is 19.5 Å². The van der Waals surface area contributed by atoms with Gasteiger partial charge in [0.2, 0.25) is 5.91 Å². The highest BCUT2D eigenvalue weighted by atomic mass is 35.5. The summed E-state index contributed by atoms with van der Waals surface area (Å²) in [6.45, 7) is 5.35. The number of likely N-dealkylation sites (tertiary alicyclic amines) is 1. The number of halogens is 2. The summed E-state index contributed by atoms with van der Waals surface area (Å²) in [6, 6.07) is 13.6. The third-order valence-electron chi connectivity index (χ3n) is 6.57. The molecule has 4 unspecified atom stereocenters. The van der Waals surface area contributed by atoms with Gasteiger partial charge in [-0.3, -0.25) is 14.4 Å². The zero-order valence-electron chi connectivity index (χ0n) is 19.1. The summed E-state index contributed by atoms with van der Waals surface area (Å²) in [5.74, 6) is -1.66. The molecule has 1 saturated heterocycles. The average Bonchev–Trinajstić information content (AvgIpc) is 2.77. The summed E-state index contributed by atoms with van der Waals surface area (Å²) in [6.07, 6.45) is 0.726. The van der Waals surface area contributed by atoms with E-state index in [4.69, 9.17) is 23.2 Å². The van der Waals surface area contributed by atoms with Crippen LogP contribution in [0.3, 0.4) is 0 Å². The van der Waals surface area contributed by atoms with Crippen molar-refractivity contribution in [3.63, 3.8) is 0 Å². The highest BCUT2D eigenvalue weighted by Gasteiger charge is 2.53. The summed E-state index contributed by atoms with van der Waals surface area (Å²) in [5, 5.41) is 10.8. The van der Waals surface area contributed by atoms with E-state index in [-0.39, 0.29) is 30.4 Å². The molecule has 1 aliphatic heterocycles. The molecule has 0 radical (unpaired) electrons. The molecule has 1 fully saturated rings. The van der Waals surface area contributed by atoms with Crippen LogP contribution in [0.4, 0.5) is 0 Å². The summed E-state index contributed by atoms with van der Waals surface area (Å²) in [5.41, 5.74) is 0.580. The summed E-state index contributed by atoms with van der Waals surface area (Å²) in [4.78, 5) is 40.4. The van der Waals surface area contributed by atoms with Crippen LogP contribution in [0.1, 0.15) is 69.5 Å². The second-order valence-corrected chi connectivity index (χ2v) is 9.82. The van der Waals surface area contributed by atoms with Gasteiger partial charge in [-0.15, -0.1) is 0 Å². The van der Waals surface area contributed by atoms with E-state index in [0.717, 1.165) is 11.1 Å². The first-order chi connectivity index (χ1) is 15.6. The molecule has 0 aliphatic carbocycles. The monoisotopic (exact) mass is 489 g/mol. The van der Waals surface area contributed by atoms with Crippen LogP contribution in [0.15, 0.2) is 48.5 Å². The second-order valence-electron chi connectivity index (χ2n) is 8.95. The number of hydrogen-bond acceptors (Lipinski definition) is 3. The number of carboxylic acids is 1. The van der Waals surface area contributed by atoms with Crippen molar-refractivity contribution in [2.45, 2.75) is 64.5 Å². The van der Waals surface area contributed by atoms with Crippen LogP contribution in [-0.4, -0.2) is 33.7 Å². The van der Waals surface area contributed by atoms with Crippen LogP contribution in [0.5, 0.6) is 0 Å². The molecule has 0 saturated carbocycles. The predicted octanol–water partition coefficient (Wildman–Crippen LogP) is 6.29. The molecular weight excluding hydrogens is 461 g/mol. The molecule has 176 valence electrons. The molecule has 1 heterocycles. The molecule has 0 bridgehead atoms. The first-order valence-electron chi connectivity index (χ1n) is 11.2. The molecular formula is C26H29Cl2NO4. The van der Waals surface area contributed by atoms with Gasteiger partial charge in [0, 0.05) is 22.4 Å². The Balaban J connectivity index is 2.27. The van der Waals surface area contributed by atoms with Crippen molar-refractivity contribution in [1.29, 1.82) is 0 Å². The maximum Gasteiger partial charge on any atom is 0.304 e. The molecule has 0 spiro atoms. The second kappa shape index (κ2) is 10.3. The normalized spacial score (nSPS) is 23.9. The van der Waals surface area contributed by atoms with Gasteiger partial charge in [0.25, 0.3) is 0 Å². The lowest BCUT2D eigenvalue weighted by Gasteiger charge is -2.51. The van der Waals surface area contributed by atoms with Gasteiger partial charge < -0.3 is 10.0 Å². The van der Waals surface area contributed by atoms with Crippen molar-refractivity contribution in [2.75, 3.05) is 0 Å². The molecule has 3 rings (SSSR count). The summed E-state index contributed by atoms with van der Waals surface area (Å²) in [7, 11) is 0. The number of piperidine rings is 1. The first-order valence-corrected chi connectivity index (χ1v) is 11.9. The van der Waals surface area contributed by atoms with E-state index in [1.165, 1.54) is 0 Å². The Morgan fingerprint density at radius 3 is 2.30 bits per heavy atom. The zero-order chi connectivity index (χ0) is 24.3. The molecule has 1 aliphatic rings. The number of hydrogen-bond donors (Lipinski definition) is 1. The molecule has 1 amide bonds. The minimum Gasteiger partial charge on any atom is -0.481 e. The number of ketones is 1. The van der Waals surface area contributed by atoms with E-state index < -0.39 is 23.5 Å². The lowest BCUT2D eigenvalue weighted by Crippen LogP contribution is -2.57. The zero-order valence-corrected chi connectivity index (χ0v) is 20.6. The Morgan fingerprint density at radius 1 is 1.09 bits per heavy atom. The maximum atomic E-state index is 14.0. The molecule has 7 heteroatoms. The van der Waals surface area contributed by atoms with Crippen molar-refractivity contribution in [1.82, 2.24) is 4.90 Å². The van der Waals surface area contributed by atoms with Gasteiger partial charge in [-0.2, -0.15) is 0 Å². The molecule has 0 aromatic heterocycles. The fourth-order valence-corrected chi connectivity index (χ4v) is 5.36. The third kappa shape index (κ3) is 5.25. The third-order valence-corrected chi connectivity index (χ3v) is 7.06. The molecule has 5 nitrogen and oxygen atoms in total. The minimum atomic E-state index is -1.16. The van der Waals surface area contributed by atoms with E-state index in [0.29, 0.717) is 22.9 Å². The van der Waals surface area contributed by atoms with Crippen molar-refractivity contribution in [2.24, 2.45) is 5.41 Å². The highest BCUT2D eigenvalue weighted by molar-refractivity contribution is 6.30. The Bertz CT molecular complexity index is 1040. The van der Waals surface area contributed by atoms with E-state index in [1.807, 2.05) is 37.3 Å². The van der Waals surface area contributed by atoms with Crippen LogP contribution < -0.4 is 0 Å². The van der Waals surface area contributed by atoms with Gasteiger partial charge in [-0.05, 0) is 48.2 Å². The molecule has 2 aromatic carbocycles. The molecule has 2 aromatic rings. The standard InChI is InChI=1S/C26H29Cl2NO4/c1-4-21(22(30)5-2)29-24(16-9-11-18(27)12-10-16)20(17-7-6-8-19(28)13-17)14-26(3,25(29)33)15-23(31)32/h6-13,20-21,24H,4-5,14-15H2,1-3H3,(H,31,32). The smallest absolute Gasteiger partial charge is 0.304 e. The van der Waals surface area contributed by atoms with Crippen LogP contribution in [0, 0.1) is 5.41 Å². The largest absolute Gasteiger partial charge is 0.481 e. The quantitative estimate of drug-likeness (QED) is 0.472. The van der Waals surface area contributed by atoms with Gasteiger partial charge in [0.1, 0.15) is 0 Å². The van der Waals surface area contributed by atoms with Crippen LogP contribution in [0.2, 0.25) is 10.0 Å². The number of rotatable bonds is 8. The SMILES string of the molecule is CCC(=O)C(CC)N1C(=O)C(C)(CC(=O)O)CC(c2cccc(Cl)c2)C1c1ccc(Cl)cc1. The minimum absolute atomic E-state index is 0.0470. The number of carbonyl (C=O) groups is 3. The molecule has 1 N–H and O–H groups in total. The number of Topliss-reactive ketones (excluding diaryl/α,β-unsaturated/α-hetero) is 1. The predicted molar refractivity (Wildman–Crippen MR) is 130 cm³/mol. The highest BCUT2D eigenvalue weighted by Crippen LogP contribution is 2.52. The molecule has 33 heavy (non-hydrogen) atoms. The fourth-order valence-electron chi connectivity index (χ4n) is 5.04. The van der Waals surface area contributed by atoms with Crippen molar-refractivity contribution >= 4 is 40.9 Å². The number of nitrogens with zero attached hydrogens (tertiary/aromatic N) is 1. The molecule has 4 atom stereocenters. The Kier molecular flexibility index (Phi) is 7.86. The van der Waals surface area contributed by atoms with Gasteiger partial charge in [-0.1, -0.05) is 68.2 Å². The topological polar surface area (TPSA) is 74.7 Å². The van der Waals surface area contributed by atoms with Crippen molar-refractivity contribution < 1.29 is 19.5 Å². The van der Waals surface area contributed by atoms with Gasteiger partial charge in [-0.25, -0.2) is 0 Å². The van der Waals surface area contributed by atoms with Gasteiger partial charge >= 0.3 is 5.97 Å². The van der Waals surface area contributed by atoms with E-state index in [2.05, 4.69) is 0 Å². The summed E-state index contributed by atoms with van der Waals surface area (Å²) >= 11 is 12.5. The average molecular weight is 490 g/mol. The Hall–Kier alpha value is -2.37. The maximum absolute atomic E-state index is 14.0. The van der Waals surface area contributed by atoms with Crippen LogP contribution >= 0.6 is 23.2 Å². The van der Waals surface area contributed by atoms with Gasteiger partial charge in [0.15, 0.2) is 5.78 Å². The Morgan fingerprint density at radius 2 is 1.76 bits per heavy atom. The number of amides is 1. The van der Waals surface area contributed by atoms with E-state index in [1.54, 1.807) is 36.9 Å². The van der Waals surface area contributed by atoms with Crippen LogP contribution in [-0.2, 0) is 14.4 Å². The number of carbonyl (C=O) groups excluding carboxylic acids is 2. The van der Waals surface area contributed by atoms with Crippen molar-refractivity contribution in [3.8, 4) is 0 Å². The van der Waals surface area contributed by atoms with Gasteiger partial charge in [0.05, 0.1) is 23.9 Å². The lowest BCUT2D eigenvalue weighted by atomic mass is 9.67. The lowest BCUT2D eigenvalue weighted by molar-refractivity contribution is -0.162. The fraction of sp³-hybridized carbons (Fsp3) is 0.423. The van der Waals surface area contributed by atoms with E-state index >= 15 is 0 Å². The number of aliphatic carboxylic acids is 1. The number of carboxylic acid groups (broad SMARTS) is 1. The Labute approximate surface area is 204 Å². The number of benzene rings is 2. The van der Waals surface area contributed by atoms with Crippen LogP contribution in [0.25, 0.3) is 0 Å².